The molecule has 1 atom stereocenters. The van der Waals surface area contributed by atoms with Crippen LogP contribution in [0.5, 0.6) is 0 Å². The largest absolute Gasteiger partial charge is 0.456 e. The molecule has 0 amide bonds. The van der Waals surface area contributed by atoms with Gasteiger partial charge in [-0.05, 0) is 95.8 Å². The molecule has 13 aromatic rings. The summed E-state index contributed by atoms with van der Waals surface area (Å²) in [4.78, 5) is 0. The summed E-state index contributed by atoms with van der Waals surface area (Å²) in [6.45, 7) is 0. The predicted octanol–water partition coefficient (Wildman–Crippen LogP) is 16.4. The SMILES string of the molecule is c1ccc(CCC(c2cccc(-n3c4ccccc4c4c(-c5ccc6c(c5)oc5ccccc56)c5c(cc43)oc3ccccc35)c2)c2ccc3sc4ccccc4c3c2)cc1. The van der Waals surface area contributed by atoms with E-state index in [4.69, 9.17) is 8.83 Å². The Morgan fingerprint density at radius 3 is 2.00 bits per heavy atom. The first-order valence-corrected chi connectivity index (χ1v) is 21.9. The summed E-state index contributed by atoms with van der Waals surface area (Å²) in [5.74, 6) is 0.185. The van der Waals surface area contributed by atoms with E-state index in [1.807, 2.05) is 23.5 Å². The Morgan fingerprint density at radius 2 is 1.11 bits per heavy atom. The molecule has 0 fully saturated rings. The van der Waals surface area contributed by atoms with Crippen molar-refractivity contribution in [2.75, 3.05) is 0 Å². The minimum Gasteiger partial charge on any atom is -0.456 e. The Morgan fingerprint density at radius 1 is 0.426 bits per heavy atom. The van der Waals surface area contributed by atoms with Crippen LogP contribution in [0.15, 0.2) is 203 Å². The molecule has 0 bridgehead atoms. The van der Waals surface area contributed by atoms with Crippen LogP contribution < -0.4 is 0 Å². The summed E-state index contributed by atoms with van der Waals surface area (Å²) in [5, 5.41) is 9.54. The van der Waals surface area contributed by atoms with Crippen LogP contribution in [0.25, 0.3) is 103 Å². The molecule has 4 heteroatoms. The molecule has 0 aliphatic rings. The minimum absolute atomic E-state index is 0.185. The van der Waals surface area contributed by atoms with E-state index in [2.05, 4.69) is 187 Å². The molecule has 288 valence electrons. The molecule has 0 spiro atoms. The third kappa shape index (κ3) is 5.42. The van der Waals surface area contributed by atoms with Gasteiger partial charge in [0.25, 0.3) is 0 Å². The molecule has 9 aromatic carbocycles. The zero-order valence-electron chi connectivity index (χ0n) is 33.1. The summed E-state index contributed by atoms with van der Waals surface area (Å²) >= 11 is 1.88. The molecule has 0 N–H and O–H groups in total. The maximum Gasteiger partial charge on any atom is 0.138 e. The van der Waals surface area contributed by atoms with Crippen LogP contribution in [0.2, 0.25) is 0 Å². The molecule has 3 nitrogen and oxygen atoms in total. The van der Waals surface area contributed by atoms with E-state index in [1.54, 1.807) is 0 Å². The maximum atomic E-state index is 6.76. The van der Waals surface area contributed by atoms with Crippen molar-refractivity contribution in [1.82, 2.24) is 4.57 Å². The number of hydrogen-bond acceptors (Lipinski definition) is 3. The van der Waals surface area contributed by atoms with Crippen molar-refractivity contribution < 1.29 is 8.83 Å². The van der Waals surface area contributed by atoms with Crippen molar-refractivity contribution >= 4 is 97.2 Å². The molecule has 0 aliphatic heterocycles. The number of thiophene rings is 1. The van der Waals surface area contributed by atoms with E-state index in [0.29, 0.717) is 0 Å². The van der Waals surface area contributed by atoms with Crippen LogP contribution in [0, 0.1) is 0 Å². The number of benzene rings is 9. The highest BCUT2D eigenvalue weighted by Crippen LogP contribution is 2.47. The van der Waals surface area contributed by atoms with Gasteiger partial charge in [-0.1, -0.05) is 127 Å². The van der Waals surface area contributed by atoms with Crippen molar-refractivity contribution in [2.45, 2.75) is 18.8 Å². The number of nitrogens with zero attached hydrogens (tertiary/aromatic N) is 1. The van der Waals surface area contributed by atoms with E-state index in [0.717, 1.165) is 84.6 Å². The van der Waals surface area contributed by atoms with Gasteiger partial charge in [-0.15, -0.1) is 11.3 Å². The zero-order valence-corrected chi connectivity index (χ0v) is 34.0. The molecule has 0 aliphatic carbocycles. The standard InChI is InChI=1S/C57H37NO2S/c1-2-13-35(14-3-1)25-28-40(37-27-30-54-46(32-37)43-18-7-11-24-53(43)61-54)36-15-12-16-39(31-36)58-47-21-8-4-19-44(47)56-48(58)34-52-57(45-20-6-10-23-50(45)60-52)55(56)38-26-29-42-41-17-5-9-22-49(41)59-51(42)33-38/h1-24,26-27,29-34,40H,25,28H2. The summed E-state index contributed by atoms with van der Waals surface area (Å²) in [5.41, 5.74) is 13.2. The van der Waals surface area contributed by atoms with Gasteiger partial charge in [-0.2, -0.15) is 0 Å². The average molecular weight is 800 g/mol. The lowest BCUT2D eigenvalue weighted by Crippen LogP contribution is -2.05. The van der Waals surface area contributed by atoms with E-state index in [9.17, 15) is 0 Å². The average Bonchev–Trinajstić information content (AvgIpc) is 4.07. The molecule has 0 saturated carbocycles. The van der Waals surface area contributed by atoms with Crippen LogP contribution in [0.4, 0.5) is 0 Å². The van der Waals surface area contributed by atoms with Crippen molar-refractivity contribution in [3.63, 3.8) is 0 Å². The summed E-state index contributed by atoms with van der Waals surface area (Å²) in [6.07, 6.45) is 1.97. The molecule has 13 rings (SSSR count). The van der Waals surface area contributed by atoms with Gasteiger partial charge in [0, 0.05) is 75.7 Å². The molecule has 61 heavy (non-hydrogen) atoms. The molecule has 4 aromatic heterocycles. The van der Waals surface area contributed by atoms with Gasteiger partial charge in [0.2, 0.25) is 0 Å². The maximum absolute atomic E-state index is 6.76. The molecule has 1 unspecified atom stereocenters. The molecular weight excluding hydrogens is 763 g/mol. The van der Waals surface area contributed by atoms with Gasteiger partial charge < -0.3 is 13.4 Å². The highest BCUT2D eigenvalue weighted by atomic mass is 32.1. The molecule has 0 saturated heterocycles. The minimum atomic E-state index is 0.185. The number of fused-ring (bicyclic) bond motifs is 12. The summed E-state index contributed by atoms with van der Waals surface area (Å²) in [6, 6.07) is 70.7. The van der Waals surface area contributed by atoms with E-state index in [1.165, 1.54) is 47.6 Å². The second-order valence-corrected chi connectivity index (χ2v) is 17.4. The fraction of sp³-hybridized carbons (Fsp3) is 0.0526. The Kier molecular flexibility index (Phi) is 7.66. The van der Waals surface area contributed by atoms with Crippen molar-refractivity contribution in [1.29, 1.82) is 0 Å². The van der Waals surface area contributed by atoms with Gasteiger partial charge in [-0.25, -0.2) is 0 Å². The van der Waals surface area contributed by atoms with Crippen LogP contribution in [0.3, 0.4) is 0 Å². The Balaban J connectivity index is 1.05. The third-order valence-electron chi connectivity index (χ3n) is 12.9. The third-order valence-corrected chi connectivity index (χ3v) is 14.0. The smallest absolute Gasteiger partial charge is 0.138 e. The lowest BCUT2D eigenvalue weighted by Gasteiger charge is -2.20. The first kappa shape index (κ1) is 34.5. The molecule has 0 radical (unpaired) electrons. The number of aryl methyl sites for hydroxylation is 1. The lowest BCUT2D eigenvalue weighted by atomic mass is 9.85. The number of furan rings is 2. The summed E-state index contributed by atoms with van der Waals surface area (Å²) in [7, 11) is 0. The zero-order chi connectivity index (χ0) is 40.0. The van der Waals surface area contributed by atoms with Crippen molar-refractivity contribution in [2.24, 2.45) is 0 Å². The Labute approximate surface area is 355 Å². The van der Waals surface area contributed by atoms with Crippen LogP contribution in [-0.2, 0) is 6.42 Å². The Hall–Kier alpha value is -7.40. The van der Waals surface area contributed by atoms with Gasteiger partial charge in [-0.3, -0.25) is 0 Å². The van der Waals surface area contributed by atoms with Crippen molar-refractivity contribution in [3.05, 3.63) is 211 Å². The monoisotopic (exact) mass is 799 g/mol. The molecular formula is C57H37NO2S. The van der Waals surface area contributed by atoms with Gasteiger partial charge in [0.1, 0.15) is 22.3 Å². The topological polar surface area (TPSA) is 31.2 Å². The van der Waals surface area contributed by atoms with Crippen molar-refractivity contribution in [3.8, 4) is 16.8 Å². The molecule has 4 heterocycles. The number of aromatic nitrogens is 1. The number of para-hydroxylation sites is 3. The number of rotatable bonds is 7. The Bertz CT molecular complexity index is 3840. The first-order valence-electron chi connectivity index (χ1n) is 21.1. The van der Waals surface area contributed by atoms with E-state index < -0.39 is 0 Å². The van der Waals surface area contributed by atoms with E-state index >= 15 is 0 Å². The fourth-order valence-corrected chi connectivity index (χ4v) is 11.2. The van der Waals surface area contributed by atoms with Crippen LogP contribution in [-0.4, -0.2) is 4.57 Å². The first-order chi connectivity index (χ1) is 30.2. The van der Waals surface area contributed by atoms with Gasteiger partial charge in [0.15, 0.2) is 0 Å². The highest BCUT2D eigenvalue weighted by Gasteiger charge is 2.24. The van der Waals surface area contributed by atoms with E-state index in [-0.39, 0.29) is 5.92 Å². The second-order valence-electron chi connectivity index (χ2n) is 16.3. The fourth-order valence-electron chi connectivity index (χ4n) is 10.1. The quantitative estimate of drug-likeness (QED) is 0.161. The number of hydrogen-bond donors (Lipinski definition) is 0. The van der Waals surface area contributed by atoms with Gasteiger partial charge >= 0.3 is 0 Å². The van der Waals surface area contributed by atoms with Crippen LogP contribution >= 0.6 is 11.3 Å². The lowest BCUT2D eigenvalue weighted by molar-refractivity contribution is 0.668. The highest BCUT2D eigenvalue weighted by molar-refractivity contribution is 7.25. The predicted molar refractivity (Wildman–Crippen MR) is 257 cm³/mol. The van der Waals surface area contributed by atoms with Crippen LogP contribution in [0.1, 0.15) is 29.0 Å². The normalized spacial score (nSPS) is 12.7. The van der Waals surface area contributed by atoms with Gasteiger partial charge in [0.05, 0.1) is 11.0 Å². The second kappa shape index (κ2) is 13.6. The summed E-state index contributed by atoms with van der Waals surface area (Å²) < 4.78 is 18.4.